The zero-order valence-electron chi connectivity index (χ0n) is 46.8. The molecule has 1 heterocycles. The van der Waals surface area contributed by atoms with E-state index in [1.165, 1.54) is 16.8 Å². The number of hydrogen-bond acceptors (Lipinski definition) is 5. The smallest absolute Gasteiger partial charge is 0.0612 e. The van der Waals surface area contributed by atoms with Crippen LogP contribution in [-0.2, 0) is 0 Å². The van der Waals surface area contributed by atoms with Gasteiger partial charge in [-0.25, -0.2) is 4.40 Å². The molecule has 63 heavy (non-hydrogen) atoms. The van der Waals surface area contributed by atoms with Crippen LogP contribution in [0, 0.1) is 21.7 Å². The highest BCUT2D eigenvalue weighted by atomic mass is 32.2. The van der Waals surface area contributed by atoms with Gasteiger partial charge in [-0.05, 0) is 94.0 Å². The second kappa shape index (κ2) is 35.9. The van der Waals surface area contributed by atoms with Gasteiger partial charge in [0.15, 0.2) is 0 Å². The van der Waals surface area contributed by atoms with Gasteiger partial charge in [-0.2, -0.15) is 5.10 Å². The van der Waals surface area contributed by atoms with Crippen LogP contribution in [0.4, 0.5) is 5.69 Å². The summed E-state index contributed by atoms with van der Waals surface area (Å²) in [5.41, 5.74) is 6.40. The summed E-state index contributed by atoms with van der Waals surface area (Å²) in [5, 5.41) is 6.71. The molecule has 1 aliphatic rings. The molecule has 0 atom stereocenters. The van der Waals surface area contributed by atoms with Crippen LogP contribution < -0.4 is 5.01 Å². The van der Waals surface area contributed by atoms with E-state index < -0.39 is 0 Å². The van der Waals surface area contributed by atoms with Crippen molar-refractivity contribution in [1.29, 1.82) is 0 Å². The molecule has 0 N–H and O–H groups in total. The average molecular weight is 890 g/mol. The fourth-order valence-electron chi connectivity index (χ4n) is 5.66. The van der Waals surface area contributed by atoms with Crippen molar-refractivity contribution in [1.82, 2.24) is 0 Å². The zero-order valence-corrected chi connectivity index (χ0v) is 47.6. The molecule has 4 rings (SSSR count). The molecule has 0 spiro atoms. The van der Waals surface area contributed by atoms with Gasteiger partial charge in [0.25, 0.3) is 0 Å². The van der Waals surface area contributed by atoms with E-state index in [1.807, 2.05) is 126 Å². The van der Waals surface area contributed by atoms with Crippen LogP contribution in [0.5, 0.6) is 0 Å². The number of nitrogens with zero attached hydrogens (tertiary/aromatic N) is 4. The predicted molar refractivity (Wildman–Crippen MR) is 299 cm³/mol. The van der Waals surface area contributed by atoms with E-state index in [1.54, 1.807) is 11.9 Å². The lowest BCUT2D eigenvalue weighted by Gasteiger charge is -2.33. The number of benzene rings is 3. The molecule has 0 aliphatic carbocycles. The minimum Gasteiger partial charge on any atom is -0.261 e. The molecule has 0 aromatic heterocycles. The molecule has 4 nitrogen and oxygen atoms in total. The van der Waals surface area contributed by atoms with Gasteiger partial charge < -0.3 is 0 Å². The van der Waals surface area contributed by atoms with Crippen molar-refractivity contribution in [2.45, 2.75) is 211 Å². The molecule has 0 saturated heterocycles. The molecule has 3 aromatic carbocycles. The summed E-state index contributed by atoms with van der Waals surface area (Å²) < 4.78 is 4.93. The highest BCUT2D eigenvalue weighted by Crippen LogP contribution is 2.39. The number of hydrazone groups is 1. The van der Waals surface area contributed by atoms with E-state index in [-0.39, 0.29) is 31.9 Å². The quantitative estimate of drug-likeness (QED) is 0.145. The van der Waals surface area contributed by atoms with Crippen molar-refractivity contribution in [3.8, 4) is 0 Å². The number of para-hydroxylation sites is 1. The van der Waals surface area contributed by atoms with Gasteiger partial charge in [0, 0.05) is 28.0 Å². The normalized spacial score (nSPS) is 13.7. The van der Waals surface area contributed by atoms with Gasteiger partial charge in [0.05, 0.1) is 22.6 Å². The third-order valence-electron chi connectivity index (χ3n) is 7.68. The third-order valence-corrected chi connectivity index (χ3v) is 8.50. The van der Waals surface area contributed by atoms with E-state index >= 15 is 0 Å². The van der Waals surface area contributed by atoms with Gasteiger partial charge in [0.2, 0.25) is 0 Å². The lowest BCUT2D eigenvalue weighted by Crippen LogP contribution is -2.37. The van der Waals surface area contributed by atoms with Crippen LogP contribution in [-0.4, -0.2) is 27.9 Å². The van der Waals surface area contributed by atoms with Gasteiger partial charge in [-0.1, -0.05) is 237 Å². The van der Waals surface area contributed by atoms with Gasteiger partial charge in [-0.15, -0.1) is 0 Å². The Bertz CT molecular complexity index is 1590. The largest absolute Gasteiger partial charge is 0.261 e. The SMILES string of the molecule is CC.CC.CC.CC.CC.CC.CC(C)(C)/C=N\N(c1ccccc1)C(C)(C)C.CC(C)(C)SN=C(c1ccccc1)C(C)(C)C.CC1(C)C=CN=C(c2ccccc2)C(C)(C)C1. The maximum atomic E-state index is 4.77. The molecule has 5 heteroatoms. The monoisotopic (exact) mass is 889 g/mol. The zero-order chi connectivity index (χ0) is 50.7. The molecule has 0 amide bonds. The summed E-state index contributed by atoms with van der Waals surface area (Å²) in [4.78, 5) is 4.68. The molecule has 0 fully saturated rings. The van der Waals surface area contributed by atoms with E-state index in [9.17, 15) is 0 Å². The topological polar surface area (TPSA) is 40.3 Å². The Labute approximate surface area is 399 Å². The number of aliphatic imine (C=N–C) groups is 1. The van der Waals surface area contributed by atoms with Crippen LogP contribution in [0.15, 0.2) is 118 Å². The standard InChI is InChI=1S/C16H21N.C15H24N2.C15H23NS.6C2H6/c1-15(2)10-11-17-14(16(3,4)12-15)13-8-6-5-7-9-13;1-14(2,3)12-16-17(15(4,5)6)13-10-8-7-9-11-13;1-14(2,3)13(16-17-15(4,5)6)12-10-8-7-9-11-12;6*1-2/h5-11H,12H2,1-4H3;7-12H,1-6H3;7-11H,1-6H3;6*1-2H3/b;16-12-;;;;;;;. The molecule has 0 radical (unpaired) electrons. The first-order valence-electron chi connectivity index (χ1n) is 24.3. The molecule has 1 aliphatic heterocycles. The fourth-order valence-corrected chi connectivity index (χ4v) is 6.40. The van der Waals surface area contributed by atoms with Crippen molar-refractivity contribution in [2.75, 3.05) is 5.01 Å². The van der Waals surface area contributed by atoms with E-state index in [2.05, 4.69) is 193 Å². The minimum absolute atomic E-state index is 0.0247. The molecular formula is C58H104N4S. The first-order valence-corrected chi connectivity index (χ1v) is 25.1. The third kappa shape index (κ3) is 32.8. The fraction of sp³-hybridized carbons (Fsp3) is 0.603. The predicted octanol–water partition coefficient (Wildman–Crippen LogP) is 19.9. The Hall–Kier alpha value is -3.44. The van der Waals surface area contributed by atoms with E-state index in [0.717, 1.165) is 17.8 Å². The maximum Gasteiger partial charge on any atom is 0.0612 e. The van der Waals surface area contributed by atoms with E-state index in [0.29, 0.717) is 0 Å². The van der Waals surface area contributed by atoms with Gasteiger partial charge >= 0.3 is 0 Å². The van der Waals surface area contributed by atoms with Crippen molar-refractivity contribution in [3.05, 3.63) is 114 Å². The number of rotatable bonds is 5. The molecule has 3 aromatic rings. The van der Waals surface area contributed by atoms with E-state index in [4.69, 9.17) is 4.40 Å². The first kappa shape index (κ1) is 68.6. The Morgan fingerprint density at radius 2 is 0.984 bits per heavy atom. The lowest BCUT2D eigenvalue weighted by atomic mass is 9.71. The lowest BCUT2D eigenvalue weighted by molar-refractivity contribution is 0.319. The summed E-state index contributed by atoms with van der Waals surface area (Å²) in [6.45, 7) is 59.3. The Morgan fingerprint density at radius 3 is 1.35 bits per heavy atom. The van der Waals surface area contributed by atoms with Crippen LogP contribution in [0.3, 0.4) is 0 Å². The average Bonchev–Trinajstić information content (AvgIpc) is 3.35. The number of anilines is 1. The summed E-state index contributed by atoms with van der Waals surface area (Å²) >= 11 is 1.65. The van der Waals surface area contributed by atoms with Gasteiger partial charge in [-0.3, -0.25) is 10.0 Å². The molecule has 362 valence electrons. The van der Waals surface area contributed by atoms with Crippen LogP contribution >= 0.6 is 11.9 Å². The highest BCUT2D eigenvalue weighted by Gasteiger charge is 2.33. The second-order valence-electron chi connectivity index (χ2n) is 18.9. The number of allylic oxidation sites excluding steroid dienone is 1. The minimum atomic E-state index is -0.0247. The van der Waals surface area contributed by atoms with Crippen molar-refractivity contribution in [3.63, 3.8) is 0 Å². The number of hydrogen-bond donors (Lipinski definition) is 0. The first-order chi connectivity index (χ1) is 29.3. The molecule has 0 saturated carbocycles. The van der Waals surface area contributed by atoms with Crippen LogP contribution in [0.2, 0.25) is 0 Å². The Morgan fingerprint density at radius 1 is 0.587 bits per heavy atom. The van der Waals surface area contributed by atoms with Crippen LogP contribution in [0.25, 0.3) is 0 Å². The van der Waals surface area contributed by atoms with Crippen molar-refractivity contribution < 1.29 is 0 Å². The Balaban J connectivity index is -0.000000238. The molecule has 0 unspecified atom stereocenters. The van der Waals surface area contributed by atoms with Crippen molar-refractivity contribution in [2.24, 2.45) is 36.2 Å². The molecular weight excluding hydrogens is 785 g/mol. The second-order valence-corrected chi connectivity index (χ2v) is 20.5. The molecule has 0 bridgehead atoms. The van der Waals surface area contributed by atoms with Gasteiger partial charge in [0.1, 0.15) is 0 Å². The summed E-state index contributed by atoms with van der Waals surface area (Å²) in [6, 6.07) is 31.2. The highest BCUT2D eigenvalue weighted by molar-refractivity contribution is 7.99. The Kier molecular flexibility index (Phi) is 39.1. The van der Waals surface area contributed by atoms with Crippen molar-refractivity contribution >= 4 is 35.3 Å². The summed E-state index contributed by atoms with van der Waals surface area (Å²) in [7, 11) is 0. The maximum absolute atomic E-state index is 4.77. The van der Waals surface area contributed by atoms with Crippen LogP contribution in [0.1, 0.15) is 211 Å². The summed E-state index contributed by atoms with van der Waals surface area (Å²) in [6.07, 6.45) is 7.30. The summed E-state index contributed by atoms with van der Waals surface area (Å²) in [5.74, 6) is 0.